The van der Waals surface area contributed by atoms with Gasteiger partial charge < -0.3 is 20.6 Å². The Hall–Kier alpha value is -1.86. The number of rotatable bonds is 5. The van der Waals surface area contributed by atoms with Gasteiger partial charge in [0, 0.05) is 19.6 Å². The lowest BCUT2D eigenvalue weighted by Crippen LogP contribution is -2.45. The number of nitrogens with zero attached hydrogens (tertiary/aromatic N) is 3. The standard InChI is InChI=1S/C15H24N6O/c1-3-8-16-15-19-12-9-17-14(20-13(12)21(15)2)18-10-4-6-11(22)7-5-10/h3,9-11,15-16,19,22H,1,4-8H2,2H3,(H,17,18,20). The minimum Gasteiger partial charge on any atom is -0.393 e. The third-order valence-electron chi connectivity index (χ3n) is 4.27. The lowest BCUT2D eigenvalue weighted by Gasteiger charge is -2.26. The first-order valence-corrected chi connectivity index (χ1v) is 7.82. The molecule has 7 heteroatoms. The van der Waals surface area contributed by atoms with Crippen LogP contribution in [0.3, 0.4) is 0 Å². The number of hydrogen-bond donors (Lipinski definition) is 4. The highest BCUT2D eigenvalue weighted by Crippen LogP contribution is 2.31. The van der Waals surface area contributed by atoms with Crippen LogP contribution in [0.1, 0.15) is 25.7 Å². The van der Waals surface area contributed by atoms with Crippen LogP contribution in [0.5, 0.6) is 0 Å². The molecule has 22 heavy (non-hydrogen) atoms. The van der Waals surface area contributed by atoms with E-state index in [1.807, 2.05) is 19.3 Å². The fourth-order valence-corrected chi connectivity index (χ4v) is 2.97. The molecule has 120 valence electrons. The molecule has 2 aliphatic rings. The van der Waals surface area contributed by atoms with E-state index in [-0.39, 0.29) is 12.4 Å². The van der Waals surface area contributed by atoms with Gasteiger partial charge in [0.25, 0.3) is 0 Å². The molecule has 1 saturated carbocycles. The summed E-state index contributed by atoms with van der Waals surface area (Å²) in [6.45, 7) is 4.44. The first-order chi connectivity index (χ1) is 10.7. The molecule has 1 unspecified atom stereocenters. The molecular weight excluding hydrogens is 280 g/mol. The molecule has 0 bridgehead atoms. The fourth-order valence-electron chi connectivity index (χ4n) is 2.97. The second-order valence-electron chi connectivity index (χ2n) is 5.94. The maximum absolute atomic E-state index is 9.57. The average Bonchev–Trinajstić information content (AvgIpc) is 2.84. The van der Waals surface area contributed by atoms with Crippen LogP contribution in [-0.4, -0.2) is 47.1 Å². The van der Waals surface area contributed by atoms with Crippen LogP contribution >= 0.6 is 0 Å². The van der Waals surface area contributed by atoms with E-state index >= 15 is 0 Å². The number of fused-ring (bicyclic) bond motifs is 1. The summed E-state index contributed by atoms with van der Waals surface area (Å²) in [6, 6.07) is 0.343. The minimum absolute atomic E-state index is 0.00220. The quantitative estimate of drug-likeness (QED) is 0.606. The maximum atomic E-state index is 9.57. The van der Waals surface area contributed by atoms with E-state index in [1.165, 1.54) is 0 Å². The van der Waals surface area contributed by atoms with Crippen molar-refractivity contribution in [2.24, 2.45) is 0 Å². The van der Waals surface area contributed by atoms with Gasteiger partial charge in [-0.3, -0.25) is 5.32 Å². The third-order valence-corrected chi connectivity index (χ3v) is 4.27. The van der Waals surface area contributed by atoms with Gasteiger partial charge in [0.2, 0.25) is 5.95 Å². The molecule has 0 spiro atoms. The van der Waals surface area contributed by atoms with Gasteiger partial charge in [0.05, 0.1) is 18.0 Å². The topological polar surface area (TPSA) is 85.3 Å². The summed E-state index contributed by atoms with van der Waals surface area (Å²) < 4.78 is 0. The van der Waals surface area contributed by atoms with E-state index in [0.717, 1.165) is 43.7 Å². The number of aromatic nitrogens is 2. The molecule has 0 amide bonds. The second-order valence-corrected chi connectivity index (χ2v) is 5.94. The smallest absolute Gasteiger partial charge is 0.224 e. The van der Waals surface area contributed by atoms with Gasteiger partial charge in [-0.05, 0) is 25.7 Å². The molecule has 1 aliphatic carbocycles. The number of nitrogens with one attached hydrogen (secondary N) is 3. The van der Waals surface area contributed by atoms with E-state index in [0.29, 0.717) is 12.0 Å². The van der Waals surface area contributed by atoms with Gasteiger partial charge in [0.1, 0.15) is 0 Å². The van der Waals surface area contributed by atoms with Crippen LogP contribution in [0, 0.1) is 0 Å². The van der Waals surface area contributed by atoms with E-state index in [9.17, 15) is 5.11 Å². The minimum atomic E-state index is -0.147. The van der Waals surface area contributed by atoms with Gasteiger partial charge in [-0.15, -0.1) is 6.58 Å². The van der Waals surface area contributed by atoms with Gasteiger partial charge in [-0.1, -0.05) is 6.08 Å². The summed E-state index contributed by atoms with van der Waals surface area (Å²) in [6.07, 6.45) is 7.10. The van der Waals surface area contributed by atoms with Crippen LogP contribution in [0.2, 0.25) is 0 Å². The highest BCUT2D eigenvalue weighted by Gasteiger charge is 2.27. The Kier molecular flexibility index (Phi) is 4.44. The molecule has 7 nitrogen and oxygen atoms in total. The monoisotopic (exact) mass is 304 g/mol. The zero-order valence-corrected chi connectivity index (χ0v) is 12.9. The lowest BCUT2D eigenvalue weighted by molar-refractivity contribution is 0.126. The number of anilines is 3. The molecule has 0 radical (unpaired) electrons. The second kappa shape index (κ2) is 6.50. The predicted octanol–water partition coefficient (Wildman–Crippen LogP) is 1.11. The highest BCUT2D eigenvalue weighted by atomic mass is 16.3. The van der Waals surface area contributed by atoms with Gasteiger partial charge in [-0.2, -0.15) is 4.98 Å². The molecule has 0 saturated heterocycles. The molecule has 4 N–H and O–H groups in total. The Balaban J connectivity index is 1.65. The Morgan fingerprint density at radius 2 is 2.23 bits per heavy atom. The Labute approximate surface area is 130 Å². The van der Waals surface area contributed by atoms with Crippen LogP contribution in [-0.2, 0) is 0 Å². The molecule has 1 fully saturated rings. The van der Waals surface area contributed by atoms with E-state index in [4.69, 9.17) is 0 Å². The summed E-state index contributed by atoms with van der Waals surface area (Å²) in [4.78, 5) is 11.1. The van der Waals surface area contributed by atoms with E-state index in [2.05, 4.69) is 37.4 Å². The van der Waals surface area contributed by atoms with E-state index in [1.54, 1.807) is 0 Å². The van der Waals surface area contributed by atoms with Crippen molar-refractivity contribution in [2.45, 2.75) is 44.1 Å². The maximum Gasteiger partial charge on any atom is 0.224 e. The van der Waals surface area contributed by atoms with Crippen LogP contribution < -0.4 is 20.9 Å². The predicted molar refractivity (Wildman–Crippen MR) is 87.9 cm³/mol. The molecule has 2 heterocycles. The average molecular weight is 304 g/mol. The van der Waals surface area contributed by atoms with Crippen molar-refractivity contribution < 1.29 is 5.11 Å². The summed E-state index contributed by atoms with van der Waals surface area (Å²) in [5.74, 6) is 1.54. The van der Waals surface area contributed by atoms with Crippen molar-refractivity contribution in [1.82, 2.24) is 15.3 Å². The van der Waals surface area contributed by atoms with Gasteiger partial charge in [0.15, 0.2) is 12.1 Å². The normalized spacial score (nSPS) is 27.2. The first kappa shape index (κ1) is 15.1. The Morgan fingerprint density at radius 3 is 2.95 bits per heavy atom. The fraction of sp³-hybridized carbons (Fsp3) is 0.600. The molecule has 3 rings (SSSR count). The van der Waals surface area contributed by atoms with E-state index < -0.39 is 0 Å². The highest BCUT2D eigenvalue weighted by molar-refractivity contribution is 5.71. The molecule has 1 aliphatic heterocycles. The number of aliphatic hydroxyl groups excluding tert-OH is 1. The van der Waals surface area contributed by atoms with Crippen molar-refractivity contribution in [3.63, 3.8) is 0 Å². The lowest BCUT2D eigenvalue weighted by atomic mass is 9.93. The summed E-state index contributed by atoms with van der Waals surface area (Å²) in [7, 11) is 1.99. The summed E-state index contributed by atoms with van der Waals surface area (Å²) in [5.41, 5.74) is 0.925. The Bertz CT molecular complexity index is 529. The third kappa shape index (κ3) is 3.15. The molecule has 1 atom stereocenters. The van der Waals surface area contributed by atoms with Crippen molar-refractivity contribution >= 4 is 17.5 Å². The number of hydrogen-bond acceptors (Lipinski definition) is 7. The largest absolute Gasteiger partial charge is 0.393 e. The Morgan fingerprint density at radius 1 is 1.45 bits per heavy atom. The van der Waals surface area contributed by atoms with Crippen molar-refractivity contribution in [1.29, 1.82) is 0 Å². The molecule has 0 aromatic carbocycles. The number of aliphatic hydroxyl groups is 1. The zero-order valence-electron chi connectivity index (χ0n) is 12.9. The van der Waals surface area contributed by atoms with Crippen molar-refractivity contribution in [3.8, 4) is 0 Å². The van der Waals surface area contributed by atoms with Crippen molar-refractivity contribution in [3.05, 3.63) is 18.9 Å². The van der Waals surface area contributed by atoms with Crippen LogP contribution in [0.25, 0.3) is 0 Å². The SMILES string of the molecule is C=CCNC1Nc2cnc(NC3CCC(O)CC3)nc2N1C. The van der Waals surface area contributed by atoms with Gasteiger partial charge >= 0.3 is 0 Å². The van der Waals surface area contributed by atoms with Crippen LogP contribution in [0.4, 0.5) is 17.5 Å². The molecule has 1 aromatic heterocycles. The van der Waals surface area contributed by atoms with Crippen LogP contribution in [0.15, 0.2) is 18.9 Å². The molecule has 1 aromatic rings. The molecular formula is C15H24N6O. The zero-order chi connectivity index (χ0) is 15.5. The first-order valence-electron chi connectivity index (χ1n) is 7.82. The van der Waals surface area contributed by atoms with Crippen molar-refractivity contribution in [2.75, 3.05) is 29.1 Å². The summed E-state index contributed by atoms with van der Waals surface area (Å²) >= 11 is 0. The van der Waals surface area contributed by atoms with Gasteiger partial charge in [-0.25, -0.2) is 4.98 Å². The summed E-state index contributed by atoms with van der Waals surface area (Å²) in [5, 5.41) is 19.6.